The topological polar surface area (TPSA) is 148 Å². The number of carbonyl (C=O) groups excluding carboxylic acids is 2. The number of aliphatic carboxylic acids is 1. The van der Waals surface area contributed by atoms with E-state index in [9.17, 15) is 29.6 Å². The van der Waals surface area contributed by atoms with Gasteiger partial charge in [0.25, 0.3) is 17.5 Å². The number of non-ortho nitro benzene ring substituents is 1. The first kappa shape index (κ1) is 25.1. The lowest BCUT2D eigenvalue weighted by Gasteiger charge is -2.18. The summed E-state index contributed by atoms with van der Waals surface area (Å²) in [5, 5.41) is 25.2. The molecule has 0 spiro atoms. The maximum Gasteiger partial charge on any atom is 0.326 e. The van der Waals surface area contributed by atoms with Crippen molar-refractivity contribution in [3.63, 3.8) is 0 Å². The van der Waals surface area contributed by atoms with Gasteiger partial charge in [-0.1, -0.05) is 13.8 Å². The molecule has 3 N–H and O–H groups in total. The average Bonchev–Trinajstić information content (AvgIpc) is 2.78. The summed E-state index contributed by atoms with van der Waals surface area (Å²) in [6.07, 6.45) is 1.51. The zero-order valence-electron chi connectivity index (χ0n) is 18.4. The van der Waals surface area contributed by atoms with Crippen molar-refractivity contribution in [2.45, 2.75) is 26.3 Å². The zero-order valence-corrected chi connectivity index (χ0v) is 18.4. The predicted molar refractivity (Wildman–Crippen MR) is 121 cm³/mol. The van der Waals surface area contributed by atoms with Gasteiger partial charge in [0.2, 0.25) is 0 Å². The molecule has 2 rings (SSSR count). The predicted octanol–water partition coefficient (Wildman–Crippen LogP) is 2.99. The first-order valence-electron chi connectivity index (χ1n) is 10.1. The number of nitrogens with one attached hydrogen (secondary N) is 2. The van der Waals surface area contributed by atoms with Crippen LogP contribution < -0.4 is 15.4 Å². The molecule has 10 heteroatoms. The number of carboxylic acid groups (broad SMARTS) is 1. The van der Waals surface area contributed by atoms with E-state index in [-0.39, 0.29) is 29.3 Å². The summed E-state index contributed by atoms with van der Waals surface area (Å²) in [4.78, 5) is 47.5. The summed E-state index contributed by atoms with van der Waals surface area (Å²) in [5.74, 6) is -2.06. The molecule has 0 fully saturated rings. The summed E-state index contributed by atoms with van der Waals surface area (Å²) in [5.41, 5.74) is 0.301. The fraction of sp³-hybridized carbons (Fsp3) is 0.261. The first-order valence-corrected chi connectivity index (χ1v) is 10.1. The standard InChI is InChI=1S/C23H25N3O7/c1-14(2)12-20(23(29)30)25-22(28)19(13-15-4-8-17(9-5-15)26(31)32)24-21(27)16-6-10-18(33-3)11-7-16/h4-11,13-14,20H,12H2,1-3H3,(H,24,27)(H,25,28)(H,29,30). The number of rotatable bonds is 10. The largest absolute Gasteiger partial charge is 0.497 e. The third-order valence-corrected chi connectivity index (χ3v) is 4.57. The Labute approximate surface area is 190 Å². The van der Waals surface area contributed by atoms with Crippen molar-refractivity contribution in [1.29, 1.82) is 0 Å². The zero-order chi connectivity index (χ0) is 24.5. The third kappa shape index (κ3) is 7.46. The van der Waals surface area contributed by atoms with Gasteiger partial charge in [-0.25, -0.2) is 4.79 Å². The summed E-state index contributed by atoms with van der Waals surface area (Å²) < 4.78 is 5.06. The van der Waals surface area contributed by atoms with E-state index in [1.807, 2.05) is 13.8 Å². The Balaban J connectivity index is 2.34. The fourth-order valence-electron chi connectivity index (χ4n) is 2.88. The van der Waals surface area contributed by atoms with Gasteiger partial charge in [-0.05, 0) is 60.4 Å². The van der Waals surface area contributed by atoms with Crippen LogP contribution in [0.2, 0.25) is 0 Å². The van der Waals surface area contributed by atoms with Crippen LogP contribution in [0, 0.1) is 16.0 Å². The number of hydrogen-bond donors (Lipinski definition) is 3. The van der Waals surface area contributed by atoms with E-state index >= 15 is 0 Å². The number of hydrogen-bond acceptors (Lipinski definition) is 6. The second-order valence-corrected chi connectivity index (χ2v) is 7.58. The highest BCUT2D eigenvalue weighted by atomic mass is 16.6. The molecule has 2 amide bonds. The molecule has 1 atom stereocenters. The van der Waals surface area contributed by atoms with Crippen molar-refractivity contribution in [2.75, 3.05) is 7.11 Å². The molecule has 0 aliphatic carbocycles. The Bertz CT molecular complexity index is 1040. The minimum absolute atomic E-state index is 0.00222. The van der Waals surface area contributed by atoms with Crippen LogP contribution in [0.4, 0.5) is 5.69 Å². The van der Waals surface area contributed by atoms with Crippen molar-refractivity contribution in [3.05, 3.63) is 75.5 Å². The third-order valence-electron chi connectivity index (χ3n) is 4.57. The lowest BCUT2D eigenvalue weighted by Crippen LogP contribution is -2.45. The number of nitro groups is 1. The Morgan fingerprint density at radius 1 is 1.09 bits per heavy atom. The van der Waals surface area contributed by atoms with E-state index in [4.69, 9.17) is 4.74 Å². The monoisotopic (exact) mass is 455 g/mol. The lowest BCUT2D eigenvalue weighted by molar-refractivity contribution is -0.384. The van der Waals surface area contributed by atoms with Gasteiger partial charge in [-0.2, -0.15) is 0 Å². The van der Waals surface area contributed by atoms with Crippen LogP contribution in [-0.2, 0) is 9.59 Å². The van der Waals surface area contributed by atoms with Crippen LogP contribution in [0.25, 0.3) is 6.08 Å². The molecule has 10 nitrogen and oxygen atoms in total. The van der Waals surface area contributed by atoms with Gasteiger partial charge in [0.15, 0.2) is 0 Å². The molecule has 0 saturated carbocycles. The number of carboxylic acids is 1. The van der Waals surface area contributed by atoms with Gasteiger partial charge in [0.1, 0.15) is 17.5 Å². The van der Waals surface area contributed by atoms with Crippen LogP contribution in [0.5, 0.6) is 5.75 Å². The van der Waals surface area contributed by atoms with Gasteiger partial charge in [0, 0.05) is 17.7 Å². The highest BCUT2D eigenvalue weighted by Crippen LogP contribution is 2.16. The Hall–Kier alpha value is -4.21. The molecular weight excluding hydrogens is 430 g/mol. The Morgan fingerprint density at radius 3 is 2.18 bits per heavy atom. The summed E-state index contributed by atoms with van der Waals surface area (Å²) >= 11 is 0. The highest BCUT2D eigenvalue weighted by Gasteiger charge is 2.24. The summed E-state index contributed by atoms with van der Waals surface area (Å²) in [6.45, 7) is 3.64. The molecule has 174 valence electrons. The SMILES string of the molecule is COc1ccc(C(=O)NC(=Cc2ccc([N+](=O)[O-])cc2)C(=O)NC(CC(C)C)C(=O)O)cc1. The maximum absolute atomic E-state index is 12.9. The van der Waals surface area contributed by atoms with Gasteiger partial charge in [0.05, 0.1) is 12.0 Å². The Kier molecular flexibility index (Phi) is 8.67. The number of benzene rings is 2. The maximum atomic E-state index is 12.9. The number of carbonyl (C=O) groups is 3. The molecule has 0 bridgehead atoms. The quantitative estimate of drug-likeness (QED) is 0.283. The molecule has 33 heavy (non-hydrogen) atoms. The van der Waals surface area contributed by atoms with E-state index in [1.54, 1.807) is 12.1 Å². The normalized spacial score (nSPS) is 12.1. The summed E-state index contributed by atoms with van der Waals surface area (Å²) in [7, 11) is 1.49. The minimum Gasteiger partial charge on any atom is -0.497 e. The van der Waals surface area contributed by atoms with E-state index < -0.39 is 28.7 Å². The molecule has 0 aromatic heterocycles. The highest BCUT2D eigenvalue weighted by molar-refractivity contribution is 6.06. The molecule has 1 unspecified atom stereocenters. The molecule has 2 aromatic rings. The van der Waals surface area contributed by atoms with Crippen LogP contribution in [0.15, 0.2) is 54.2 Å². The molecule has 0 heterocycles. The minimum atomic E-state index is -1.20. The van der Waals surface area contributed by atoms with Crippen LogP contribution in [-0.4, -0.2) is 41.0 Å². The van der Waals surface area contributed by atoms with Gasteiger partial charge >= 0.3 is 5.97 Å². The second-order valence-electron chi connectivity index (χ2n) is 7.58. The van der Waals surface area contributed by atoms with Crippen molar-refractivity contribution in [3.8, 4) is 5.75 Å². The van der Waals surface area contributed by atoms with Crippen LogP contribution in [0.1, 0.15) is 36.2 Å². The smallest absolute Gasteiger partial charge is 0.326 e. The first-order chi connectivity index (χ1) is 15.6. The molecule has 0 aliphatic rings. The van der Waals surface area contributed by atoms with E-state index in [0.29, 0.717) is 11.3 Å². The number of ether oxygens (including phenoxy) is 1. The van der Waals surface area contributed by atoms with E-state index in [1.165, 1.54) is 49.6 Å². The van der Waals surface area contributed by atoms with Gasteiger partial charge in [-0.3, -0.25) is 19.7 Å². The van der Waals surface area contributed by atoms with E-state index in [2.05, 4.69) is 10.6 Å². The number of nitro benzene ring substituents is 1. The molecule has 2 aromatic carbocycles. The van der Waals surface area contributed by atoms with Crippen molar-refractivity contribution >= 4 is 29.5 Å². The van der Waals surface area contributed by atoms with Crippen molar-refractivity contribution in [1.82, 2.24) is 10.6 Å². The molecule has 0 radical (unpaired) electrons. The van der Waals surface area contributed by atoms with Gasteiger partial charge < -0.3 is 20.5 Å². The Morgan fingerprint density at radius 2 is 1.70 bits per heavy atom. The van der Waals surface area contributed by atoms with E-state index in [0.717, 1.165) is 0 Å². The molecule has 0 aliphatic heterocycles. The fourth-order valence-corrected chi connectivity index (χ4v) is 2.88. The van der Waals surface area contributed by atoms with Gasteiger partial charge in [-0.15, -0.1) is 0 Å². The molecule has 0 saturated heterocycles. The lowest BCUT2D eigenvalue weighted by atomic mass is 10.0. The van der Waals surface area contributed by atoms with Crippen molar-refractivity contribution in [2.24, 2.45) is 5.92 Å². The average molecular weight is 455 g/mol. The molecular formula is C23H25N3O7. The number of nitrogens with zero attached hydrogens (tertiary/aromatic N) is 1. The second kappa shape index (κ2) is 11.4. The number of methoxy groups -OCH3 is 1. The van der Waals surface area contributed by atoms with Crippen LogP contribution >= 0.6 is 0 Å². The van der Waals surface area contributed by atoms with Crippen LogP contribution in [0.3, 0.4) is 0 Å². The van der Waals surface area contributed by atoms with Crippen molar-refractivity contribution < 1.29 is 29.2 Å². The summed E-state index contributed by atoms with van der Waals surface area (Å²) in [6, 6.07) is 10.4. The number of amides is 2.